The van der Waals surface area contributed by atoms with Gasteiger partial charge in [-0.2, -0.15) is 0 Å². The van der Waals surface area contributed by atoms with Crippen LogP contribution in [0.1, 0.15) is 5.56 Å². The van der Waals surface area contributed by atoms with Crippen molar-refractivity contribution in [3.8, 4) is 11.5 Å². The van der Waals surface area contributed by atoms with E-state index in [0.717, 1.165) is 11.1 Å². The summed E-state index contributed by atoms with van der Waals surface area (Å²) in [5.74, 6) is 1.41. The molecule has 0 atom stereocenters. The molecule has 2 nitrogen and oxygen atoms in total. The minimum absolute atomic E-state index is 0.684. The SMILES string of the molecule is Cc1ccc2ccc3c(OOc4ccccc4)ccc4ccc1c2c43. The summed E-state index contributed by atoms with van der Waals surface area (Å²) >= 11 is 0. The molecule has 0 N–H and O–H groups in total. The Bertz CT molecular complexity index is 1190. The van der Waals surface area contributed by atoms with Gasteiger partial charge in [0.2, 0.25) is 0 Å². The van der Waals surface area contributed by atoms with Gasteiger partial charge in [0.1, 0.15) is 0 Å². The number of hydrogen-bond acceptors (Lipinski definition) is 2. The summed E-state index contributed by atoms with van der Waals surface area (Å²) in [6.07, 6.45) is 0. The molecule has 0 amide bonds. The lowest BCUT2D eigenvalue weighted by Crippen LogP contribution is -2.01. The van der Waals surface area contributed by atoms with Crippen LogP contribution in [0.3, 0.4) is 0 Å². The highest BCUT2D eigenvalue weighted by Gasteiger charge is 2.13. The summed E-state index contributed by atoms with van der Waals surface area (Å²) in [4.78, 5) is 11.2. The average molecular weight is 324 g/mol. The van der Waals surface area contributed by atoms with Crippen LogP contribution in [0.5, 0.6) is 11.5 Å². The van der Waals surface area contributed by atoms with E-state index < -0.39 is 0 Å². The minimum atomic E-state index is 0.684. The summed E-state index contributed by atoms with van der Waals surface area (Å²) in [6.45, 7) is 2.15. The fourth-order valence-electron chi connectivity index (χ4n) is 3.56. The zero-order chi connectivity index (χ0) is 16.8. The molecular formula is C23H16O2. The highest BCUT2D eigenvalue weighted by Crippen LogP contribution is 2.39. The van der Waals surface area contributed by atoms with Gasteiger partial charge in [0.15, 0.2) is 11.5 Å². The fourth-order valence-corrected chi connectivity index (χ4v) is 3.56. The number of hydrogen-bond donors (Lipinski definition) is 0. The van der Waals surface area contributed by atoms with Crippen molar-refractivity contribution in [3.05, 3.63) is 84.4 Å². The Kier molecular flexibility index (Phi) is 3.04. The molecule has 0 aromatic heterocycles. The first-order valence-electron chi connectivity index (χ1n) is 8.38. The lowest BCUT2D eigenvalue weighted by Gasteiger charge is -2.14. The van der Waals surface area contributed by atoms with E-state index >= 15 is 0 Å². The zero-order valence-corrected chi connectivity index (χ0v) is 13.8. The Hall–Kier alpha value is -3.26. The summed E-state index contributed by atoms with van der Waals surface area (Å²) in [5.41, 5.74) is 1.29. The zero-order valence-electron chi connectivity index (χ0n) is 13.8. The van der Waals surface area contributed by atoms with Gasteiger partial charge in [-0.25, -0.2) is 0 Å². The molecule has 0 saturated carbocycles. The second kappa shape index (κ2) is 5.38. The first kappa shape index (κ1) is 14.1. The normalized spacial score (nSPS) is 11.4. The second-order valence-corrected chi connectivity index (χ2v) is 6.35. The third-order valence-electron chi connectivity index (χ3n) is 4.81. The number of rotatable bonds is 3. The monoisotopic (exact) mass is 324 g/mol. The molecule has 5 aromatic carbocycles. The van der Waals surface area contributed by atoms with Crippen LogP contribution in [-0.2, 0) is 0 Å². The van der Waals surface area contributed by atoms with Crippen molar-refractivity contribution in [1.29, 1.82) is 0 Å². The Morgan fingerprint density at radius 1 is 0.560 bits per heavy atom. The fraction of sp³-hybridized carbons (Fsp3) is 0.0435. The standard InChI is InChI=1S/C23H16O2/c1-15-7-8-16-10-13-20-21(25-24-18-5-3-2-4-6-18)14-11-17-9-12-19(15)22(16)23(17)20/h2-14H,1H3. The highest BCUT2D eigenvalue weighted by atomic mass is 17.2. The van der Waals surface area contributed by atoms with E-state index in [1.165, 1.54) is 32.5 Å². The summed E-state index contributed by atoms with van der Waals surface area (Å²) in [7, 11) is 0. The van der Waals surface area contributed by atoms with Gasteiger partial charge in [0, 0.05) is 10.8 Å². The van der Waals surface area contributed by atoms with E-state index in [-0.39, 0.29) is 0 Å². The molecule has 0 aliphatic carbocycles. The van der Waals surface area contributed by atoms with Crippen molar-refractivity contribution >= 4 is 32.3 Å². The Morgan fingerprint density at radius 3 is 2.00 bits per heavy atom. The summed E-state index contributed by atoms with van der Waals surface area (Å²) < 4.78 is 0. The lowest BCUT2D eigenvalue weighted by atomic mass is 9.92. The van der Waals surface area contributed by atoms with Crippen molar-refractivity contribution in [1.82, 2.24) is 0 Å². The molecule has 0 heterocycles. The maximum Gasteiger partial charge on any atom is 0.186 e. The summed E-state index contributed by atoms with van der Waals surface area (Å²) in [6, 6.07) is 26.6. The van der Waals surface area contributed by atoms with E-state index in [1.807, 2.05) is 36.4 Å². The Balaban J connectivity index is 1.71. The van der Waals surface area contributed by atoms with Gasteiger partial charge >= 0.3 is 0 Å². The van der Waals surface area contributed by atoms with Crippen LogP contribution >= 0.6 is 0 Å². The average Bonchev–Trinajstić information content (AvgIpc) is 2.67. The highest BCUT2D eigenvalue weighted by molar-refractivity contribution is 6.24. The first-order chi connectivity index (χ1) is 12.3. The van der Waals surface area contributed by atoms with E-state index in [2.05, 4.69) is 49.4 Å². The smallest absolute Gasteiger partial charge is 0.186 e. The van der Waals surface area contributed by atoms with Gasteiger partial charge in [-0.05, 0) is 58.3 Å². The molecule has 2 heteroatoms. The molecule has 0 aliphatic rings. The van der Waals surface area contributed by atoms with E-state index in [0.29, 0.717) is 5.75 Å². The van der Waals surface area contributed by atoms with Gasteiger partial charge in [-0.1, -0.05) is 54.6 Å². The van der Waals surface area contributed by atoms with Gasteiger partial charge in [0.05, 0.1) is 0 Å². The predicted octanol–water partition coefficient (Wildman–Crippen LogP) is 6.27. The molecule has 0 radical (unpaired) electrons. The third kappa shape index (κ3) is 2.18. The number of para-hydroxylation sites is 1. The minimum Gasteiger partial charge on any atom is -0.290 e. The van der Waals surface area contributed by atoms with Crippen LogP contribution in [0.25, 0.3) is 32.3 Å². The largest absolute Gasteiger partial charge is 0.290 e. The van der Waals surface area contributed by atoms with E-state index in [9.17, 15) is 0 Å². The van der Waals surface area contributed by atoms with Crippen molar-refractivity contribution in [3.63, 3.8) is 0 Å². The molecule has 5 aromatic rings. The van der Waals surface area contributed by atoms with Crippen molar-refractivity contribution in [2.24, 2.45) is 0 Å². The lowest BCUT2D eigenvalue weighted by molar-refractivity contribution is -0.0983. The van der Waals surface area contributed by atoms with Crippen LogP contribution in [0, 0.1) is 6.92 Å². The predicted molar refractivity (Wildman–Crippen MR) is 103 cm³/mol. The van der Waals surface area contributed by atoms with Crippen LogP contribution in [0.2, 0.25) is 0 Å². The first-order valence-corrected chi connectivity index (χ1v) is 8.38. The van der Waals surface area contributed by atoms with Gasteiger partial charge in [-0.3, -0.25) is 9.78 Å². The van der Waals surface area contributed by atoms with Crippen LogP contribution in [0.15, 0.2) is 78.9 Å². The van der Waals surface area contributed by atoms with Crippen molar-refractivity contribution in [2.75, 3.05) is 0 Å². The molecule has 0 unspecified atom stereocenters. The molecule has 0 spiro atoms. The molecule has 5 rings (SSSR count). The van der Waals surface area contributed by atoms with Gasteiger partial charge in [-0.15, -0.1) is 0 Å². The number of benzene rings is 5. The Morgan fingerprint density at radius 2 is 1.20 bits per heavy atom. The number of aryl methyl sites for hydroxylation is 1. The molecule has 0 aliphatic heterocycles. The van der Waals surface area contributed by atoms with Crippen molar-refractivity contribution < 1.29 is 9.78 Å². The molecule has 0 saturated heterocycles. The van der Waals surface area contributed by atoms with Crippen LogP contribution in [0.4, 0.5) is 0 Å². The van der Waals surface area contributed by atoms with E-state index in [1.54, 1.807) is 0 Å². The molecule has 0 bridgehead atoms. The maximum atomic E-state index is 5.68. The third-order valence-corrected chi connectivity index (χ3v) is 4.81. The maximum absolute atomic E-state index is 5.68. The topological polar surface area (TPSA) is 18.5 Å². The molecule has 120 valence electrons. The van der Waals surface area contributed by atoms with E-state index in [4.69, 9.17) is 9.78 Å². The second-order valence-electron chi connectivity index (χ2n) is 6.35. The van der Waals surface area contributed by atoms with Gasteiger partial charge < -0.3 is 0 Å². The Labute approximate surface area is 145 Å². The van der Waals surface area contributed by atoms with Crippen LogP contribution < -0.4 is 9.78 Å². The molecular weight excluding hydrogens is 308 g/mol. The molecule has 0 fully saturated rings. The van der Waals surface area contributed by atoms with Crippen molar-refractivity contribution in [2.45, 2.75) is 6.92 Å². The van der Waals surface area contributed by atoms with Crippen LogP contribution in [-0.4, -0.2) is 0 Å². The quantitative estimate of drug-likeness (QED) is 0.221. The van der Waals surface area contributed by atoms with Gasteiger partial charge in [0.25, 0.3) is 0 Å². The molecule has 25 heavy (non-hydrogen) atoms. The summed E-state index contributed by atoms with van der Waals surface area (Å²) in [5, 5.41) is 7.34.